The Morgan fingerprint density at radius 3 is 2.56 bits per heavy atom. The van der Waals surface area contributed by atoms with E-state index in [2.05, 4.69) is 0 Å². The van der Waals surface area contributed by atoms with Crippen molar-refractivity contribution in [3.8, 4) is 5.75 Å². The first-order valence-electron chi connectivity index (χ1n) is 4.27. The fourth-order valence-corrected chi connectivity index (χ4v) is 2.11. The van der Waals surface area contributed by atoms with Crippen molar-refractivity contribution in [2.75, 3.05) is 12.9 Å². The summed E-state index contributed by atoms with van der Waals surface area (Å²) < 4.78 is 39.6. The van der Waals surface area contributed by atoms with Crippen LogP contribution >= 0.6 is 22.3 Å². The van der Waals surface area contributed by atoms with E-state index in [4.69, 9.17) is 27.0 Å². The molecule has 3 nitrogen and oxygen atoms in total. The van der Waals surface area contributed by atoms with Gasteiger partial charge in [0.2, 0.25) is 9.05 Å². The number of halogens is 3. The van der Waals surface area contributed by atoms with E-state index in [9.17, 15) is 12.8 Å². The molecular formula is C9H9Cl2FO3S. The lowest BCUT2D eigenvalue weighted by atomic mass is 10.1. The van der Waals surface area contributed by atoms with Crippen molar-refractivity contribution >= 4 is 31.3 Å². The zero-order valence-corrected chi connectivity index (χ0v) is 10.7. The highest BCUT2D eigenvalue weighted by atomic mass is 35.7. The van der Waals surface area contributed by atoms with Crippen LogP contribution in [0, 0.1) is 5.82 Å². The molecule has 0 aliphatic heterocycles. The summed E-state index contributed by atoms with van der Waals surface area (Å²) >= 11 is 5.78. The van der Waals surface area contributed by atoms with Crippen LogP contribution in [0.15, 0.2) is 12.1 Å². The Morgan fingerprint density at radius 1 is 1.44 bits per heavy atom. The molecule has 7 heteroatoms. The normalized spacial score (nSPS) is 11.5. The minimum absolute atomic E-state index is 0.0264. The number of hydrogen-bond acceptors (Lipinski definition) is 3. The summed E-state index contributed by atoms with van der Waals surface area (Å²) in [6.45, 7) is 0. The van der Waals surface area contributed by atoms with Gasteiger partial charge in [-0.05, 0) is 18.1 Å². The molecule has 0 bridgehead atoms. The van der Waals surface area contributed by atoms with Gasteiger partial charge in [0.25, 0.3) is 0 Å². The number of hydrogen-bond donors (Lipinski definition) is 0. The lowest BCUT2D eigenvalue weighted by Gasteiger charge is -2.07. The summed E-state index contributed by atoms with van der Waals surface area (Å²) in [7, 11) is 2.75. The van der Waals surface area contributed by atoms with Crippen LogP contribution in [0.25, 0.3) is 0 Å². The van der Waals surface area contributed by atoms with Gasteiger partial charge >= 0.3 is 0 Å². The molecule has 0 heterocycles. The number of ether oxygens (including phenoxy) is 1. The Balaban J connectivity index is 2.94. The second kappa shape index (κ2) is 5.21. The predicted octanol–water partition coefficient (Wildman–Crippen LogP) is 2.60. The van der Waals surface area contributed by atoms with Gasteiger partial charge in [-0.1, -0.05) is 11.6 Å². The first kappa shape index (κ1) is 13.5. The fourth-order valence-electron chi connectivity index (χ4n) is 1.15. The molecule has 1 aromatic rings. The maximum Gasteiger partial charge on any atom is 0.232 e. The summed E-state index contributed by atoms with van der Waals surface area (Å²) in [6.07, 6.45) is -0.0264. The molecular weight excluding hydrogens is 278 g/mol. The third-order valence-electron chi connectivity index (χ3n) is 1.94. The number of rotatable bonds is 4. The summed E-state index contributed by atoms with van der Waals surface area (Å²) in [5, 5.41) is 0.228. The largest absolute Gasteiger partial charge is 0.495 e. The van der Waals surface area contributed by atoms with E-state index in [1.54, 1.807) is 0 Å². The Kier molecular flexibility index (Phi) is 4.41. The van der Waals surface area contributed by atoms with Crippen LogP contribution in [0.4, 0.5) is 4.39 Å². The second-order valence-corrected chi connectivity index (χ2v) is 6.37. The van der Waals surface area contributed by atoms with Gasteiger partial charge in [-0.3, -0.25) is 0 Å². The van der Waals surface area contributed by atoms with Crippen LogP contribution in [0.1, 0.15) is 5.56 Å². The minimum atomic E-state index is -3.64. The maximum atomic E-state index is 13.4. The third-order valence-corrected chi connectivity index (χ3v) is 3.39. The molecule has 1 rings (SSSR count). The molecule has 0 aliphatic rings. The zero-order chi connectivity index (χ0) is 12.3. The highest BCUT2D eigenvalue weighted by Crippen LogP contribution is 2.27. The Morgan fingerprint density at radius 2 is 2.06 bits per heavy atom. The third kappa shape index (κ3) is 3.81. The van der Waals surface area contributed by atoms with Crippen molar-refractivity contribution in [2.24, 2.45) is 0 Å². The van der Waals surface area contributed by atoms with Gasteiger partial charge in [0.15, 0.2) is 0 Å². The van der Waals surface area contributed by atoms with Crippen LogP contribution in [-0.2, 0) is 15.5 Å². The second-order valence-electron chi connectivity index (χ2n) is 3.07. The molecule has 0 N–H and O–H groups in total. The Labute approximate surface area is 103 Å². The zero-order valence-electron chi connectivity index (χ0n) is 8.34. The average molecular weight is 287 g/mol. The van der Waals surface area contributed by atoms with Crippen LogP contribution in [-0.4, -0.2) is 21.3 Å². The number of benzene rings is 1. The van der Waals surface area contributed by atoms with Gasteiger partial charge < -0.3 is 4.74 Å². The van der Waals surface area contributed by atoms with E-state index in [0.717, 1.165) is 6.07 Å². The van der Waals surface area contributed by atoms with Gasteiger partial charge in [-0.2, -0.15) is 0 Å². The highest BCUT2D eigenvalue weighted by Gasteiger charge is 2.12. The standard InChI is InChI=1S/C9H9Cl2FO3S/c1-15-9-5-8(12)6(4-7(9)10)2-3-16(11,13)14/h4-5H,2-3H2,1H3. The molecule has 0 aliphatic carbocycles. The van der Waals surface area contributed by atoms with Crippen molar-refractivity contribution in [1.29, 1.82) is 0 Å². The van der Waals surface area contributed by atoms with Crippen molar-refractivity contribution in [1.82, 2.24) is 0 Å². The molecule has 0 spiro atoms. The molecule has 0 saturated heterocycles. The molecule has 0 aromatic heterocycles. The molecule has 0 unspecified atom stereocenters. The van der Waals surface area contributed by atoms with Gasteiger partial charge in [-0.15, -0.1) is 0 Å². The molecule has 1 aromatic carbocycles. The van der Waals surface area contributed by atoms with E-state index in [-0.39, 0.29) is 28.5 Å². The van der Waals surface area contributed by atoms with Crippen molar-refractivity contribution in [3.05, 3.63) is 28.5 Å². The SMILES string of the molecule is COc1cc(F)c(CCS(=O)(=O)Cl)cc1Cl. The van der Waals surface area contributed by atoms with Crippen molar-refractivity contribution in [2.45, 2.75) is 6.42 Å². The number of methoxy groups -OCH3 is 1. The summed E-state index contributed by atoms with van der Waals surface area (Å²) in [5.41, 5.74) is 0.190. The minimum Gasteiger partial charge on any atom is -0.495 e. The molecule has 90 valence electrons. The van der Waals surface area contributed by atoms with Crippen LogP contribution < -0.4 is 4.74 Å². The van der Waals surface area contributed by atoms with Gasteiger partial charge in [0.1, 0.15) is 11.6 Å². The highest BCUT2D eigenvalue weighted by molar-refractivity contribution is 8.13. The number of aryl methyl sites for hydroxylation is 1. The van der Waals surface area contributed by atoms with Gasteiger partial charge in [-0.25, -0.2) is 12.8 Å². The quantitative estimate of drug-likeness (QED) is 0.799. The summed E-state index contributed by atoms with van der Waals surface area (Å²) in [5.74, 6) is -0.702. The van der Waals surface area contributed by atoms with E-state index in [1.807, 2.05) is 0 Å². The monoisotopic (exact) mass is 286 g/mol. The van der Waals surface area contributed by atoms with Crippen LogP contribution in [0.2, 0.25) is 5.02 Å². The molecule has 16 heavy (non-hydrogen) atoms. The van der Waals surface area contributed by atoms with Crippen molar-refractivity contribution in [3.63, 3.8) is 0 Å². The van der Waals surface area contributed by atoms with E-state index >= 15 is 0 Å². The maximum absolute atomic E-state index is 13.4. The smallest absolute Gasteiger partial charge is 0.232 e. The Hall–Kier alpha value is -0.520. The average Bonchev–Trinajstić information content (AvgIpc) is 2.17. The first-order valence-corrected chi connectivity index (χ1v) is 7.13. The van der Waals surface area contributed by atoms with Gasteiger partial charge in [0.05, 0.1) is 17.9 Å². The van der Waals surface area contributed by atoms with Crippen LogP contribution in [0.5, 0.6) is 5.75 Å². The molecule has 0 atom stereocenters. The molecule has 0 amide bonds. The first-order chi connectivity index (χ1) is 7.33. The van der Waals surface area contributed by atoms with E-state index in [0.29, 0.717) is 0 Å². The summed E-state index contributed by atoms with van der Waals surface area (Å²) in [4.78, 5) is 0. The van der Waals surface area contributed by atoms with Gasteiger partial charge in [0, 0.05) is 16.7 Å². The fraction of sp³-hybridized carbons (Fsp3) is 0.333. The van der Waals surface area contributed by atoms with Crippen LogP contribution in [0.3, 0.4) is 0 Å². The lowest BCUT2D eigenvalue weighted by molar-refractivity contribution is 0.411. The van der Waals surface area contributed by atoms with Crippen molar-refractivity contribution < 1.29 is 17.5 Å². The molecule has 0 fully saturated rings. The lowest BCUT2D eigenvalue weighted by Crippen LogP contribution is -2.03. The molecule has 0 radical (unpaired) electrons. The van der Waals surface area contributed by atoms with E-state index in [1.165, 1.54) is 13.2 Å². The summed E-state index contributed by atoms with van der Waals surface area (Å²) in [6, 6.07) is 2.44. The Bertz CT molecular complexity index is 488. The molecule has 0 saturated carbocycles. The predicted molar refractivity (Wildman–Crippen MR) is 61.3 cm³/mol. The topological polar surface area (TPSA) is 43.4 Å². The van der Waals surface area contributed by atoms with E-state index < -0.39 is 14.9 Å².